The average Bonchev–Trinajstić information content (AvgIpc) is 2.69. The molecule has 0 radical (unpaired) electrons. The number of aromatic nitrogens is 5. The summed E-state index contributed by atoms with van der Waals surface area (Å²) in [5.74, 6) is 6.10. The van der Waals surface area contributed by atoms with Gasteiger partial charge >= 0.3 is 0 Å². The van der Waals surface area contributed by atoms with Crippen molar-refractivity contribution in [3.05, 3.63) is 35.7 Å². The van der Waals surface area contributed by atoms with Gasteiger partial charge in [0.05, 0.1) is 11.9 Å². The monoisotopic (exact) mass is 219 g/mol. The van der Waals surface area contributed by atoms with E-state index in [-0.39, 0.29) is 6.04 Å². The summed E-state index contributed by atoms with van der Waals surface area (Å²) in [5.41, 5.74) is 4.47. The van der Waals surface area contributed by atoms with Crippen molar-refractivity contribution in [2.75, 3.05) is 0 Å². The molecular weight excluding hydrogens is 206 g/mol. The van der Waals surface area contributed by atoms with Crippen LogP contribution in [-0.4, -0.2) is 25.0 Å². The Morgan fingerprint density at radius 3 is 2.50 bits per heavy atom. The lowest BCUT2D eigenvalue weighted by molar-refractivity contribution is 0.546. The topological polar surface area (TPSA) is 94.5 Å². The molecule has 2 rings (SSSR count). The molecule has 0 aromatic carbocycles. The molecule has 0 saturated carbocycles. The van der Waals surface area contributed by atoms with Crippen LogP contribution in [0.15, 0.2) is 18.6 Å². The molecule has 2 aromatic heterocycles. The third-order valence-corrected chi connectivity index (χ3v) is 2.27. The van der Waals surface area contributed by atoms with Crippen LogP contribution < -0.4 is 11.3 Å². The minimum absolute atomic E-state index is 0.305. The van der Waals surface area contributed by atoms with Crippen molar-refractivity contribution in [1.82, 2.24) is 30.4 Å². The Morgan fingerprint density at radius 1 is 1.31 bits per heavy atom. The van der Waals surface area contributed by atoms with Gasteiger partial charge in [-0.05, 0) is 12.5 Å². The number of hydrogen-bond acceptors (Lipinski definition) is 6. The largest absolute Gasteiger partial charge is 0.270 e. The highest BCUT2D eigenvalue weighted by atomic mass is 15.4. The number of hydrogen-bond donors (Lipinski definition) is 2. The number of rotatable bonds is 3. The molecule has 0 bridgehead atoms. The van der Waals surface area contributed by atoms with E-state index in [9.17, 15) is 0 Å². The minimum Gasteiger partial charge on any atom is -0.270 e. The van der Waals surface area contributed by atoms with Crippen molar-refractivity contribution in [2.24, 2.45) is 12.9 Å². The van der Waals surface area contributed by atoms with E-state index in [1.165, 1.54) is 0 Å². The summed E-state index contributed by atoms with van der Waals surface area (Å²) in [4.78, 5) is 8.45. The van der Waals surface area contributed by atoms with E-state index in [4.69, 9.17) is 5.84 Å². The molecule has 16 heavy (non-hydrogen) atoms. The number of nitrogens with one attached hydrogen (secondary N) is 1. The molecule has 84 valence electrons. The van der Waals surface area contributed by atoms with Crippen molar-refractivity contribution in [1.29, 1.82) is 0 Å². The normalized spacial score (nSPS) is 12.7. The van der Waals surface area contributed by atoms with Gasteiger partial charge in [-0.3, -0.25) is 10.5 Å². The van der Waals surface area contributed by atoms with Gasteiger partial charge in [0.25, 0.3) is 0 Å². The molecule has 0 amide bonds. The van der Waals surface area contributed by atoms with Gasteiger partial charge in [0.1, 0.15) is 6.04 Å². The predicted molar refractivity (Wildman–Crippen MR) is 56.9 cm³/mol. The standard InChI is InChI=1S/C9H13N7/c1-6-3-11-9(12-4-6)8(14-10)7-5-13-15-16(7)2/h3-5,8,14H,10H2,1-2H3. The Bertz CT molecular complexity index is 461. The van der Waals surface area contributed by atoms with Crippen molar-refractivity contribution in [3.8, 4) is 0 Å². The van der Waals surface area contributed by atoms with Gasteiger partial charge in [-0.1, -0.05) is 5.21 Å². The van der Waals surface area contributed by atoms with Crippen LogP contribution in [0.3, 0.4) is 0 Å². The lowest BCUT2D eigenvalue weighted by Gasteiger charge is -2.13. The van der Waals surface area contributed by atoms with Crippen molar-refractivity contribution in [3.63, 3.8) is 0 Å². The minimum atomic E-state index is -0.305. The highest BCUT2D eigenvalue weighted by Gasteiger charge is 2.18. The number of nitrogens with two attached hydrogens (primary N) is 1. The molecule has 0 fully saturated rings. The first kappa shape index (κ1) is 10.7. The number of aryl methyl sites for hydroxylation is 2. The predicted octanol–water partition coefficient (Wildman–Crippen LogP) is -0.534. The van der Waals surface area contributed by atoms with E-state index in [1.54, 1.807) is 30.3 Å². The maximum atomic E-state index is 5.50. The zero-order chi connectivity index (χ0) is 11.5. The Kier molecular flexibility index (Phi) is 2.88. The first-order valence-electron chi connectivity index (χ1n) is 4.81. The van der Waals surface area contributed by atoms with Crippen LogP contribution in [0.1, 0.15) is 23.1 Å². The van der Waals surface area contributed by atoms with Gasteiger partial charge < -0.3 is 0 Å². The third-order valence-electron chi connectivity index (χ3n) is 2.27. The Hall–Kier alpha value is -1.86. The van der Waals surface area contributed by atoms with Gasteiger partial charge in [-0.2, -0.15) is 0 Å². The summed E-state index contributed by atoms with van der Waals surface area (Å²) >= 11 is 0. The quantitative estimate of drug-likeness (QED) is 0.532. The fourth-order valence-corrected chi connectivity index (χ4v) is 1.40. The first-order chi connectivity index (χ1) is 7.72. The molecule has 0 aliphatic carbocycles. The lowest BCUT2D eigenvalue weighted by Crippen LogP contribution is -2.31. The zero-order valence-electron chi connectivity index (χ0n) is 9.12. The number of nitrogens with zero attached hydrogens (tertiary/aromatic N) is 5. The summed E-state index contributed by atoms with van der Waals surface area (Å²) in [6, 6.07) is -0.305. The second kappa shape index (κ2) is 4.33. The van der Waals surface area contributed by atoms with Crippen LogP contribution in [0.5, 0.6) is 0 Å². The molecule has 2 aromatic rings. The molecule has 2 heterocycles. The molecule has 0 saturated heterocycles. The molecule has 0 aliphatic heterocycles. The van der Waals surface area contributed by atoms with E-state index < -0.39 is 0 Å². The second-order valence-corrected chi connectivity index (χ2v) is 3.50. The average molecular weight is 219 g/mol. The van der Waals surface area contributed by atoms with Crippen LogP contribution in [0.4, 0.5) is 0 Å². The SMILES string of the molecule is Cc1cnc(C(NN)c2cnnn2C)nc1. The van der Waals surface area contributed by atoms with Gasteiger partial charge in [0.2, 0.25) is 0 Å². The van der Waals surface area contributed by atoms with Crippen molar-refractivity contribution < 1.29 is 0 Å². The van der Waals surface area contributed by atoms with E-state index in [2.05, 4.69) is 25.7 Å². The number of hydrazine groups is 1. The smallest absolute Gasteiger partial charge is 0.152 e. The molecule has 7 nitrogen and oxygen atoms in total. The zero-order valence-corrected chi connectivity index (χ0v) is 9.12. The van der Waals surface area contributed by atoms with Gasteiger partial charge in [0.15, 0.2) is 5.82 Å². The van der Waals surface area contributed by atoms with E-state index in [0.717, 1.165) is 11.3 Å². The van der Waals surface area contributed by atoms with Crippen molar-refractivity contribution >= 4 is 0 Å². The molecular formula is C9H13N7. The second-order valence-electron chi connectivity index (χ2n) is 3.50. The lowest BCUT2D eigenvalue weighted by atomic mass is 10.2. The fourth-order valence-electron chi connectivity index (χ4n) is 1.40. The van der Waals surface area contributed by atoms with Crippen LogP contribution in [-0.2, 0) is 7.05 Å². The van der Waals surface area contributed by atoms with Gasteiger partial charge in [0, 0.05) is 19.4 Å². The molecule has 0 aliphatic rings. The van der Waals surface area contributed by atoms with Crippen LogP contribution in [0.2, 0.25) is 0 Å². The maximum absolute atomic E-state index is 5.50. The van der Waals surface area contributed by atoms with Crippen LogP contribution in [0, 0.1) is 6.92 Å². The first-order valence-corrected chi connectivity index (χ1v) is 4.81. The van der Waals surface area contributed by atoms with E-state index >= 15 is 0 Å². The summed E-state index contributed by atoms with van der Waals surface area (Å²) in [6.45, 7) is 1.93. The van der Waals surface area contributed by atoms with E-state index in [0.29, 0.717) is 5.82 Å². The fraction of sp³-hybridized carbons (Fsp3) is 0.333. The van der Waals surface area contributed by atoms with Gasteiger partial charge in [-0.15, -0.1) is 5.10 Å². The molecule has 1 atom stereocenters. The summed E-state index contributed by atoms with van der Waals surface area (Å²) < 4.78 is 1.63. The molecule has 3 N–H and O–H groups in total. The summed E-state index contributed by atoms with van der Waals surface area (Å²) in [7, 11) is 1.79. The Balaban J connectivity index is 2.37. The summed E-state index contributed by atoms with van der Waals surface area (Å²) in [5, 5.41) is 7.64. The Labute approximate surface area is 92.7 Å². The van der Waals surface area contributed by atoms with Crippen molar-refractivity contribution in [2.45, 2.75) is 13.0 Å². The van der Waals surface area contributed by atoms with Crippen LogP contribution >= 0.6 is 0 Å². The highest BCUT2D eigenvalue weighted by Crippen LogP contribution is 2.15. The highest BCUT2D eigenvalue weighted by molar-refractivity contribution is 5.14. The van der Waals surface area contributed by atoms with E-state index in [1.807, 2.05) is 6.92 Å². The molecule has 0 spiro atoms. The molecule has 7 heteroatoms. The maximum Gasteiger partial charge on any atom is 0.152 e. The van der Waals surface area contributed by atoms with Crippen LogP contribution in [0.25, 0.3) is 0 Å². The van der Waals surface area contributed by atoms with Gasteiger partial charge in [-0.25, -0.2) is 15.4 Å². The summed E-state index contributed by atoms with van der Waals surface area (Å²) in [6.07, 6.45) is 5.13. The third kappa shape index (κ3) is 1.90. The molecule has 1 unspecified atom stereocenters. The Morgan fingerprint density at radius 2 is 2.00 bits per heavy atom.